The molecule has 0 saturated carbocycles. The van der Waals surface area contributed by atoms with E-state index in [-0.39, 0.29) is 17.3 Å². The van der Waals surface area contributed by atoms with Gasteiger partial charge < -0.3 is 4.90 Å². The number of carbonyl (C=O) groups excluding carboxylic acids is 1. The monoisotopic (exact) mass is 402 g/mol. The van der Waals surface area contributed by atoms with E-state index in [0.29, 0.717) is 6.54 Å². The SMILES string of the molecule is CS[C@@H]1[C@@H](N(Cc2ccccc2)Cc2ccccc2)C(=O)N1Cc1ccccc1. The number of hydrogen-bond donors (Lipinski definition) is 0. The predicted molar refractivity (Wildman–Crippen MR) is 120 cm³/mol. The molecule has 1 aliphatic heterocycles. The van der Waals surface area contributed by atoms with Gasteiger partial charge in [0.05, 0.1) is 0 Å². The summed E-state index contributed by atoms with van der Waals surface area (Å²) in [6.45, 7) is 2.21. The van der Waals surface area contributed by atoms with Gasteiger partial charge >= 0.3 is 0 Å². The molecular weight excluding hydrogens is 376 g/mol. The second-order valence-electron chi connectivity index (χ2n) is 7.40. The predicted octanol–water partition coefficient (Wildman–Crippen LogP) is 4.79. The minimum atomic E-state index is -0.103. The van der Waals surface area contributed by atoms with Gasteiger partial charge in [0.25, 0.3) is 0 Å². The van der Waals surface area contributed by atoms with Crippen molar-refractivity contribution >= 4 is 17.7 Å². The number of likely N-dealkylation sites (tertiary alicyclic amines) is 1. The van der Waals surface area contributed by atoms with Crippen molar-refractivity contribution in [2.45, 2.75) is 31.0 Å². The summed E-state index contributed by atoms with van der Waals surface area (Å²) in [6.07, 6.45) is 2.10. The van der Waals surface area contributed by atoms with Crippen LogP contribution in [0.1, 0.15) is 16.7 Å². The van der Waals surface area contributed by atoms with Crippen molar-refractivity contribution < 1.29 is 4.79 Å². The van der Waals surface area contributed by atoms with Crippen LogP contribution < -0.4 is 0 Å². The molecule has 3 aromatic carbocycles. The van der Waals surface area contributed by atoms with Gasteiger partial charge in [0, 0.05) is 19.6 Å². The number of benzene rings is 3. The molecule has 1 fully saturated rings. The van der Waals surface area contributed by atoms with Crippen molar-refractivity contribution in [1.29, 1.82) is 0 Å². The van der Waals surface area contributed by atoms with Gasteiger partial charge in [-0.25, -0.2) is 0 Å². The van der Waals surface area contributed by atoms with Crippen molar-refractivity contribution in [2.24, 2.45) is 0 Å². The molecule has 29 heavy (non-hydrogen) atoms. The summed E-state index contributed by atoms with van der Waals surface area (Å²) in [5, 5.41) is 0.162. The number of β-lactam (4-membered cyclic amide) rings is 1. The summed E-state index contributed by atoms with van der Waals surface area (Å²) in [5.41, 5.74) is 3.64. The highest BCUT2D eigenvalue weighted by atomic mass is 32.2. The van der Waals surface area contributed by atoms with E-state index in [4.69, 9.17) is 0 Å². The van der Waals surface area contributed by atoms with E-state index in [2.05, 4.69) is 71.8 Å². The largest absolute Gasteiger partial charge is 0.323 e. The molecular formula is C25H26N2OS. The molecule has 4 heteroatoms. The van der Waals surface area contributed by atoms with Crippen LogP contribution in [0, 0.1) is 0 Å². The van der Waals surface area contributed by atoms with E-state index in [1.807, 2.05) is 35.2 Å². The summed E-state index contributed by atoms with van der Waals surface area (Å²) in [5.74, 6) is 0.222. The Kier molecular flexibility index (Phi) is 6.33. The first-order chi connectivity index (χ1) is 14.3. The van der Waals surface area contributed by atoms with Crippen LogP contribution in [0.2, 0.25) is 0 Å². The molecule has 3 aromatic rings. The smallest absolute Gasteiger partial charge is 0.244 e. The Morgan fingerprint density at radius 3 is 1.66 bits per heavy atom. The Bertz CT molecular complexity index is 876. The lowest BCUT2D eigenvalue weighted by atomic mass is 10.0. The van der Waals surface area contributed by atoms with E-state index < -0.39 is 0 Å². The minimum Gasteiger partial charge on any atom is -0.323 e. The first-order valence-corrected chi connectivity index (χ1v) is 11.2. The van der Waals surface area contributed by atoms with Gasteiger partial charge in [0.2, 0.25) is 5.91 Å². The highest BCUT2D eigenvalue weighted by molar-refractivity contribution is 7.99. The molecule has 1 saturated heterocycles. The zero-order valence-corrected chi connectivity index (χ0v) is 17.5. The second kappa shape index (κ2) is 9.29. The molecule has 3 nitrogen and oxygen atoms in total. The summed E-state index contributed by atoms with van der Waals surface area (Å²) in [4.78, 5) is 17.6. The highest BCUT2D eigenvalue weighted by Gasteiger charge is 2.49. The van der Waals surface area contributed by atoms with E-state index in [1.54, 1.807) is 11.8 Å². The van der Waals surface area contributed by atoms with E-state index in [1.165, 1.54) is 16.7 Å². The van der Waals surface area contributed by atoms with E-state index >= 15 is 0 Å². The van der Waals surface area contributed by atoms with Crippen LogP contribution in [-0.4, -0.2) is 33.4 Å². The van der Waals surface area contributed by atoms with E-state index in [0.717, 1.165) is 13.1 Å². The zero-order chi connectivity index (χ0) is 20.1. The van der Waals surface area contributed by atoms with Crippen molar-refractivity contribution in [3.8, 4) is 0 Å². The van der Waals surface area contributed by atoms with Crippen LogP contribution in [-0.2, 0) is 24.4 Å². The summed E-state index contributed by atoms with van der Waals surface area (Å²) in [6, 6.07) is 31.0. The van der Waals surface area contributed by atoms with Gasteiger partial charge in [-0.15, -0.1) is 11.8 Å². The van der Waals surface area contributed by atoms with Crippen LogP contribution in [0.15, 0.2) is 91.0 Å². The van der Waals surface area contributed by atoms with Crippen molar-refractivity contribution in [3.63, 3.8) is 0 Å². The number of nitrogens with zero attached hydrogens (tertiary/aromatic N) is 2. The maximum Gasteiger partial charge on any atom is 0.244 e. The fourth-order valence-corrected chi connectivity index (χ4v) is 4.91. The number of rotatable bonds is 8. The highest BCUT2D eigenvalue weighted by Crippen LogP contribution is 2.35. The second-order valence-corrected chi connectivity index (χ2v) is 8.35. The zero-order valence-electron chi connectivity index (χ0n) is 16.6. The number of hydrogen-bond acceptors (Lipinski definition) is 3. The standard InChI is InChI=1S/C25H26N2OS/c1-29-25-23(24(28)27(25)19-22-15-9-4-10-16-22)26(17-20-11-5-2-6-12-20)18-21-13-7-3-8-14-21/h2-16,23,25H,17-19H2,1H3/t23-,25+/m0/s1. The molecule has 2 atom stereocenters. The minimum absolute atomic E-state index is 0.103. The van der Waals surface area contributed by atoms with Crippen molar-refractivity contribution in [2.75, 3.05) is 6.26 Å². The molecule has 0 unspecified atom stereocenters. The Labute approximate surface area is 177 Å². The molecule has 0 aromatic heterocycles. The molecule has 1 amide bonds. The van der Waals surface area contributed by atoms with Gasteiger partial charge in [-0.1, -0.05) is 91.0 Å². The molecule has 148 valence electrons. The topological polar surface area (TPSA) is 23.6 Å². The third-order valence-corrected chi connectivity index (χ3v) is 6.40. The first-order valence-electron chi connectivity index (χ1n) is 9.95. The van der Waals surface area contributed by atoms with Crippen LogP contribution in [0.5, 0.6) is 0 Å². The van der Waals surface area contributed by atoms with Crippen molar-refractivity contribution in [3.05, 3.63) is 108 Å². The molecule has 0 N–H and O–H groups in total. The van der Waals surface area contributed by atoms with Crippen LogP contribution in [0.3, 0.4) is 0 Å². The molecule has 1 aliphatic rings. The van der Waals surface area contributed by atoms with Gasteiger partial charge in [-0.3, -0.25) is 9.69 Å². The summed E-state index contributed by atoms with van der Waals surface area (Å²) >= 11 is 1.76. The maximum atomic E-state index is 13.2. The van der Waals surface area contributed by atoms with Gasteiger partial charge in [-0.05, 0) is 22.9 Å². The number of carbonyl (C=O) groups is 1. The average molecular weight is 403 g/mol. The lowest BCUT2D eigenvalue weighted by Crippen LogP contribution is -2.68. The number of amides is 1. The van der Waals surface area contributed by atoms with Crippen LogP contribution in [0.4, 0.5) is 0 Å². The van der Waals surface area contributed by atoms with Crippen molar-refractivity contribution in [1.82, 2.24) is 9.80 Å². The molecule has 0 bridgehead atoms. The average Bonchev–Trinajstić information content (AvgIpc) is 2.77. The summed E-state index contributed by atoms with van der Waals surface area (Å²) in [7, 11) is 0. The Morgan fingerprint density at radius 2 is 1.21 bits per heavy atom. The first kappa shape index (κ1) is 19.7. The third kappa shape index (κ3) is 4.55. The Morgan fingerprint density at radius 1 is 0.759 bits per heavy atom. The maximum absolute atomic E-state index is 13.2. The quantitative estimate of drug-likeness (QED) is 0.506. The van der Waals surface area contributed by atoms with Crippen LogP contribution in [0.25, 0.3) is 0 Å². The van der Waals surface area contributed by atoms with Crippen LogP contribution >= 0.6 is 11.8 Å². The lowest BCUT2D eigenvalue weighted by Gasteiger charge is -2.50. The van der Waals surface area contributed by atoms with E-state index in [9.17, 15) is 4.79 Å². The molecule has 0 aliphatic carbocycles. The Balaban J connectivity index is 1.55. The van der Waals surface area contributed by atoms with Gasteiger partial charge in [0.1, 0.15) is 11.4 Å². The molecule has 0 radical (unpaired) electrons. The lowest BCUT2D eigenvalue weighted by molar-refractivity contribution is -0.155. The molecule has 1 heterocycles. The summed E-state index contributed by atoms with van der Waals surface area (Å²) < 4.78 is 0. The molecule has 4 rings (SSSR count). The fraction of sp³-hybridized carbons (Fsp3) is 0.240. The van der Waals surface area contributed by atoms with Gasteiger partial charge in [-0.2, -0.15) is 0 Å². The Hall–Kier alpha value is -2.56. The third-order valence-electron chi connectivity index (χ3n) is 5.40. The molecule has 0 spiro atoms. The number of thioether (sulfide) groups is 1. The normalized spacial score (nSPS) is 18.7. The fourth-order valence-electron chi connectivity index (χ4n) is 3.93. The van der Waals surface area contributed by atoms with Gasteiger partial charge in [0.15, 0.2) is 0 Å².